The van der Waals surface area contributed by atoms with Gasteiger partial charge in [-0.2, -0.15) is 0 Å². The first-order chi connectivity index (χ1) is 16.7. The highest BCUT2D eigenvalue weighted by Gasteiger charge is 2.48. The second kappa shape index (κ2) is 11.2. The van der Waals surface area contributed by atoms with Gasteiger partial charge in [-0.1, -0.05) is 91.0 Å². The van der Waals surface area contributed by atoms with Crippen LogP contribution in [0, 0.1) is 0 Å². The van der Waals surface area contributed by atoms with E-state index in [9.17, 15) is 5.11 Å². The fraction of sp³-hybridized carbons (Fsp3) is 0.357. The van der Waals surface area contributed by atoms with Crippen LogP contribution in [0.3, 0.4) is 0 Å². The van der Waals surface area contributed by atoms with Crippen LogP contribution >= 0.6 is 0 Å². The molecule has 0 radical (unpaired) electrons. The third-order valence-corrected chi connectivity index (χ3v) is 6.43. The van der Waals surface area contributed by atoms with E-state index in [1.807, 2.05) is 54.6 Å². The van der Waals surface area contributed by atoms with Crippen LogP contribution < -0.4 is 0 Å². The lowest BCUT2D eigenvalue weighted by molar-refractivity contribution is -0.304. The summed E-state index contributed by atoms with van der Waals surface area (Å²) < 4.78 is 29.6. The van der Waals surface area contributed by atoms with Crippen molar-refractivity contribution in [2.45, 2.75) is 36.3 Å². The second-order valence-electron chi connectivity index (χ2n) is 8.26. The van der Waals surface area contributed by atoms with E-state index in [0.29, 0.717) is 0 Å². The van der Waals surface area contributed by atoms with Crippen molar-refractivity contribution in [1.82, 2.24) is 0 Å². The number of hydrogen-bond acceptors (Lipinski definition) is 6. The van der Waals surface area contributed by atoms with Crippen LogP contribution in [-0.4, -0.2) is 63.7 Å². The van der Waals surface area contributed by atoms with Crippen LogP contribution in [0.5, 0.6) is 0 Å². The zero-order chi connectivity index (χ0) is 24.0. The van der Waals surface area contributed by atoms with Crippen LogP contribution in [-0.2, 0) is 29.3 Å². The van der Waals surface area contributed by atoms with E-state index in [0.717, 1.165) is 16.7 Å². The fourth-order valence-corrected chi connectivity index (χ4v) is 4.81. The summed E-state index contributed by atoms with van der Waals surface area (Å²) in [6.45, 7) is 0.143. The van der Waals surface area contributed by atoms with Crippen molar-refractivity contribution in [2.75, 3.05) is 27.9 Å². The van der Waals surface area contributed by atoms with Crippen molar-refractivity contribution in [2.24, 2.45) is 0 Å². The van der Waals surface area contributed by atoms with Crippen LogP contribution in [0.25, 0.3) is 0 Å². The Morgan fingerprint density at radius 1 is 0.647 bits per heavy atom. The maximum absolute atomic E-state index is 10.6. The minimum absolute atomic E-state index is 0.143. The highest BCUT2D eigenvalue weighted by Crippen LogP contribution is 2.41. The van der Waals surface area contributed by atoms with E-state index in [1.54, 1.807) is 14.2 Å². The number of rotatable bonds is 9. The molecule has 6 nitrogen and oxygen atoms in total. The third-order valence-electron chi connectivity index (χ3n) is 6.43. The molecular formula is C28H32O6. The summed E-state index contributed by atoms with van der Waals surface area (Å²) in [7, 11) is 4.68. The highest BCUT2D eigenvalue weighted by atomic mass is 16.7. The van der Waals surface area contributed by atoms with Crippen LogP contribution in [0.1, 0.15) is 16.7 Å². The molecule has 0 aromatic heterocycles. The first-order valence-electron chi connectivity index (χ1n) is 11.4. The number of aliphatic hydroxyl groups excluding tert-OH is 1. The van der Waals surface area contributed by atoms with Crippen LogP contribution in [0.2, 0.25) is 0 Å². The number of benzene rings is 3. The molecule has 5 atom stereocenters. The maximum atomic E-state index is 10.6. The molecule has 0 saturated carbocycles. The molecule has 0 bridgehead atoms. The Balaban J connectivity index is 1.76. The van der Waals surface area contributed by atoms with E-state index in [1.165, 1.54) is 7.11 Å². The molecule has 1 heterocycles. The van der Waals surface area contributed by atoms with Crippen molar-refractivity contribution in [1.29, 1.82) is 0 Å². The summed E-state index contributed by atoms with van der Waals surface area (Å²) in [5.74, 6) is 0. The van der Waals surface area contributed by atoms with Gasteiger partial charge in [-0.25, -0.2) is 0 Å². The summed E-state index contributed by atoms with van der Waals surface area (Å²) in [4.78, 5) is 0. The molecule has 1 aliphatic heterocycles. The van der Waals surface area contributed by atoms with Gasteiger partial charge >= 0.3 is 0 Å². The molecule has 1 fully saturated rings. The maximum Gasteiger partial charge on any atom is 0.184 e. The fourth-order valence-electron chi connectivity index (χ4n) is 4.81. The van der Waals surface area contributed by atoms with E-state index in [-0.39, 0.29) is 6.61 Å². The van der Waals surface area contributed by atoms with Crippen molar-refractivity contribution >= 4 is 0 Å². The summed E-state index contributed by atoms with van der Waals surface area (Å²) in [6, 6.07) is 30.3. The average molecular weight is 465 g/mol. The smallest absolute Gasteiger partial charge is 0.184 e. The van der Waals surface area contributed by atoms with Crippen molar-refractivity contribution < 1.29 is 28.8 Å². The van der Waals surface area contributed by atoms with E-state index in [4.69, 9.17) is 23.7 Å². The molecule has 1 N–H and O–H groups in total. The third kappa shape index (κ3) is 4.66. The standard InChI is InChI=1S/C28H32O6/c1-30-24-23(34-27(29)26(32-3)25(24)31-2)19-33-28(20-13-7-4-8-14-20,21-15-9-5-10-16-21)22-17-11-6-12-18-22/h4-18,23-27,29H,19H2,1-3H3/t23-,24+,25+,26-,27-/m1/s1. The minimum atomic E-state index is -1.17. The average Bonchev–Trinajstić information content (AvgIpc) is 2.90. The van der Waals surface area contributed by atoms with Gasteiger partial charge < -0.3 is 28.8 Å². The topological polar surface area (TPSA) is 66.4 Å². The zero-order valence-corrected chi connectivity index (χ0v) is 19.7. The molecule has 3 aromatic rings. The first-order valence-corrected chi connectivity index (χ1v) is 11.4. The predicted molar refractivity (Wildman–Crippen MR) is 128 cm³/mol. The van der Waals surface area contributed by atoms with Gasteiger partial charge in [0.25, 0.3) is 0 Å². The molecule has 3 aromatic carbocycles. The van der Waals surface area contributed by atoms with E-state index < -0.39 is 36.3 Å². The van der Waals surface area contributed by atoms with Crippen LogP contribution in [0.15, 0.2) is 91.0 Å². The Bertz CT molecular complexity index is 901. The molecule has 6 heteroatoms. The number of methoxy groups -OCH3 is 3. The highest BCUT2D eigenvalue weighted by molar-refractivity contribution is 5.47. The summed E-state index contributed by atoms with van der Waals surface area (Å²) in [6.07, 6.45) is -3.46. The normalized spacial score (nSPS) is 25.2. The van der Waals surface area contributed by atoms with Crippen molar-refractivity contribution in [3.8, 4) is 0 Å². The quantitative estimate of drug-likeness (QED) is 0.487. The molecule has 0 aliphatic carbocycles. The van der Waals surface area contributed by atoms with Gasteiger partial charge in [0, 0.05) is 21.3 Å². The first kappa shape index (κ1) is 24.5. The molecule has 1 saturated heterocycles. The van der Waals surface area contributed by atoms with E-state index >= 15 is 0 Å². The summed E-state index contributed by atoms with van der Waals surface area (Å²) in [5, 5.41) is 10.6. The Kier molecular flexibility index (Phi) is 8.11. The lowest BCUT2D eigenvalue weighted by Gasteiger charge is -2.44. The largest absolute Gasteiger partial charge is 0.376 e. The Hall–Kier alpha value is -2.58. The van der Waals surface area contributed by atoms with Crippen LogP contribution in [0.4, 0.5) is 0 Å². The van der Waals surface area contributed by atoms with Gasteiger partial charge in [-0.3, -0.25) is 0 Å². The van der Waals surface area contributed by atoms with Crippen molar-refractivity contribution in [3.05, 3.63) is 108 Å². The van der Waals surface area contributed by atoms with E-state index in [2.05, 4.69) is 36.4 Å². The number of aliphatic hydroxyl groups is 1. The van der Waals surface area contributed by atoms with Crippen molar-refractivity contribution in [3.63, 3.8) is 0 Å². The number of ether oxygens (including phenoxy) is 5. The molecule has 180 valence electrons. The molecular weight excluding hydrogens is 432 g/mol. The predicted octanol–water partition coefficient (Wildman–Crippen LogP) is 3.76. The molecule has 1 aliphatic rings. The SMILES string of the molecule is CO[C@@H]1[C@@H](OC)[C@H](O)O[C@H](COC(c2ccccc2)(c2ccccc2)c2ccccc2)[C@@H]1OC. The van der Waals surface area contributed by atoms with Gasteiger partial charge in [0.2, 0.25) is 0 Å². The van der Waals surface area contributed by atoms with Gasteiger partial charge in [0.15, 0.2) is 6.29 Å². The minimum Gasteiger partial charge on any atom is -0.376 e. The van der Waals surface area contributed by atoms with Gasteiger partial charge in [-0.05, 0) is 16.7 Å². The van der Waals surface area contributed by atoms with Gasteiger partial charge in [0.1, 0.15) is 30.0 Å². The van der Waals surface area contributed by atoms with Gasteiger partial charge in [0.05, 0.1) is 6.61 Å². The monoisotopic (exact) mass is 464 g/mol. The lowest BCUT2D eigenvalue weighted by atomic mass is 9.80. The molecule has 0 spiro atoms. The summed E-state index contributed by atoms with van der Waals surface area (Å²) >= 11 is 0. The molecule has 4 rings (SSSR count). The zero-order valence-electron chi connectivity index (χ0n) is 19.7. The lowest BCUT2D eigenvalue weighted by Crippen LogP contribution is -2.61. The molecule has 0 amide bonds. The van der Waals surface area contributed by atoms with Gasteiger partial charge in [-0.15, -0.1) is 0 Å². The number of hydrogen-bond donors (Lipinski definition) is 1. The Morgan fingerprint density at radius 2 is 1.06 bits per heavy atom. The molecule has 0 unspecified atom stereocenters. The molecule has 34 heavy (non-hydrogen) atoms. The second-order valence-corrected chi connectivity index (χ2v) is 8.26. The Morgan fingerprint density at radius 3 is 1.44 bits per heavy atom. The summed E-state index contributed by atoms with van der Waals surface area (Å²) in [5.41, 5.74) is 2.04. The Labute approximate surface area is 201 Å².